The minimum Gasteiger partial charge on any atom is -0.127 e. The first kappa shape index (κ1) is 13.1. The summed E-state index contributed by atoms with van der Waals surface area (Å²) in [7, 11) is 0. The zero-order chi connectivity index (χ0) is 12.4. The lowest BCUT2D eigenvalue weighted by Gasteiger charge is -2.17. The first-order valence-corrected chi connectivity index (χ1v) is 7.65. The molecule has 90 valence electrons. The molecule has 0 saturated heterocycles. The molecule has 0 saturated carbocycles. The zero-order valence-electron chi connectivity index (χ0n) is 9.78. The van der Waals surface area contributed by atoms with Crippen LogP contribution in [0.25, 0.3) is 0 Å². The highest BCUT2D eigenvalue weighted by molar-refractivity contribution is 9.09. The number of hydrogen-bond acceptors (Lipinski definition) is 1. The van der Waals surface area contributed by atoms with Crippen LogP contribution < -0.4 is 0 Å². The van der Waals surface area contributed by atoms with E-state index in [0.717, 1.165) is 9.90 Å². The Morgan fingerprint density at radius 2 is 1.88 bits per heavy atom. The van der Waals surface area contributed by atoms with Gasteiger partial charge in [0.15, 0.2) is 0 Å². The van der Waals surface area contributed by atoms with Crippen molar-refractivity contribution in [1.29, 1.82) is 0 Å². The highest BCUT2D eigenvalue weighted by Crippen LogP contribution is 2.42. The normalized spacial score (nSPS) is 14.6. The SMILES string of the molecule is Cc1cc(C(Br)C(C)c2ccccc2)sc1Cl. The third-order valence-electron chi connectivity index (χ3n) is 2.91. The summed E-state index contributed by atoms with van der Waals surface area (Å²) < 4.78 is 0.893. The molecule has 0 nitrogen and oxygen atoms in total. The van der Waals surface area contributed by atoms with Crippen molar-refractivity contribution < 1.29 is 0 Å². The van der Waals surface area contributed by atoms with Gasteiger partial charge < -0.3 is 0 Å². The molecule has 0 aliphatic carbocycles. The van der Waals surface area contributed by atoms with Crippen molar-refractivity contribution in [3.05, 3.63) is 56.7 Å². The third kappa shape index (κ3) is 2.93. The standard InChI is InChI=1S/C14H14BrClS/c1-9-8-12(17-14(9)16)13(15)10(2)11-6-4-3-5-7-11/h3-8,10,13H,1-2H3. The topological polar surface area (TPSA) is 0 Å². The average Bonchev–Trinajstić information content (AvgIpc) is 2.69. The number of aryl methyl sites for hydroxylation is 1. The highest BCUT2D eigenvalue weighted by atomic mass is 79.9. The van der Waals surface area contributed by atoms with Gasteiger partial charge in [-0.15, -0.1) is 11.3 Å². The van der Waals surface area contributed by atoms with Crippen LogP contribution in [0.3, 0.4) is 0 Å². The number of alkyl halides is 1. The summed E-state index contributed by atoms with van der Waals surface area (Å²) in [6, 6.07) is 12.7. The fraction of sp³-hybridized carbons (Fsp3) is 0.286. The van der Waals surface area contributed by atoms with E-state index in [1.54, 1.807) is 11.3 Å². The van der Waals surface area contributed by atoms with Crippen LogP contribution in [0.4, 0.5) is 0 Å². The maximum atomic E-state index is 6.12. The molecule has 0 N–H and O–H groups in total. The van der Waals surface area contributed by atoms with Crippen LogP contribution in [-0.4, -0.2) is 0 Å². The van der Waals surface area contributed by atoms with Gasteiger partial charge in [-0.2, -0.15) is 0 Å². The largest absolute Gasteiger partial charge is 0.127 e. The van der Waals surface area contributed by atoms with Crippen molar-refractivity contribution in [1.82, 2.24) is 0 Å². The molecule has 2 unspecified atom stereocenters. The molecule has 1 aromatic heterocycles. The van der Waals surface area contributed by atoms with E-state index in [4.69, 9.17) is 11.6 Å². The van der Waals surface area contributed by atoms with Crippen LogP contribution in [-0.2, 0) is 0 Å². The van der Waals surface area contributed by atoms with Gasteiger partial charge in [0, 0.05) is 4.88 Å². The summed E-state index contributed by atoms with van der Waals surface area (Å²) in [4.78, 5) is 1.62. The predicted molar refractivity (Wildman–Crippen MR) is 80.6 cm³/mol. The zero-order valence-corrected chi connectivity index (χ0v) is 12.9. The molecule has 2 aromatic rings. The Morgan fingerprint density at radius 3 is 2.41 bits per heavy atom. The number of rotatable bonds is 3. The molecule has 2 atom stereocenters. The maximum Gasteiger partial charge on any atom is 0.0960 e. The van der Waals surface area contributed by atoms with E-state index >= 15 is 0 Å². The molecular weight excluding hydrogens is 316 g/mol. The Kier molecular flexibility index (Phi) is 4.29. The smallest absolute Gasteiger partial charge is 0.0960 e. The summed E-state index contributed by atoms with van der Waals surface area (Å²) in [6.45, 7) is 4.28. The van der Waals surface area contributed by atoms with Crippen LogP contribution in [0.2, 0.25) is 4.34 Å². The monoisotopic (exact) mass is 328 g/mol. The van der Waals surface area contributed by atoms with E-state index in [2.05, 4.69) is 60.1 Å². The second kappa shape index (κ2) is 5.55. The predicted octanol–water partition coefficient (Wildman–Crippen LogP) is 5.95. The van der Waals surface area contributed by atoms with Gasteiger partial charge in [0.25, 0.3) is 0 Å². The maximum absolute atomic E-state index is 6.12. The van der Waals surface area contributed by atoms with Gasteiger partial charge in [-0.05, 0) is 30.0 Å². The highest BCUT2D eigenvalue weighted by Gasteiger charge is 2.20. The van der Waals surface area contributed by atoms with Gasteiger partial charge in [0.2, 0.25) is 0 Å². The van der Waals surface area contributed by atoms with Crippen molar-refractivity contribution in [2.45, 2.75) is 24.6 Å². The molecule has 0 amide bonds. The molecule has 0 fully saturated rings. The van der Waals surface area contributed by atoms with E-state index in [1.165, 1.54) is 10.4 Å². The van der Waals surface area contributed by atoms with Crippen LogP contribution in [0.15, 0.2) is 36.4 Å². The molecular formula is C14H14BrClS. The minimum atomic E-state index is 0.320. The van der Waals surface area contributed by atoms with E-state index in [1.807, 2.05) is 6.07 Å². The van der Waals surface area contributed by atoms with Gasteiger partial charge >= 0.3 is 0 Å². The fourth-order valence-electron chi connectivity index (χ4n) is 1.79. The van der Waals surface area contributed by atoms with Crippen LogP contribution >= 0.6 is 38.9 Å². The molecule has 1 heterocycles. The van der Waals surface area contributed by atoms with Crippen molar-refractivity contribution in [3.63, 3.8) is 0 Å². The lowest BCUT2D eigenvalue weighted by molar-refractivity contribution is 0.761. The molecule has 0 spiro atoms. The second-order valence-electron chi connectivity index (χ2n) is 4.21. The van der Waals surface area contributed by atoms with Crippen molar-refractivity contribution in [3.8, 4) is 0 Å². The Labute approximate surface area is 120 Å². The lowest BCUT2D eigenvalue weighted by atomic mass is 9.97. The Balaban J connectivity index is 2.23. The van der Waals surface area contributed by atoms with Crippen LogP contribution in [0.5, 0.6) is 0 Å². The number of benzene rings is 1. The van der Waals surface area contributed by atoms with E-state index < -0.39 is 0 Å². The minimum absolute atomic E-state index is 0.320. The molecule has 0 radical (unpaired) electrons. The van der Waals surface area contributed by atoms with Gasteiger partial charge in [-0.25, -0.2) is 0 Å². The van der Waals surface area contributed by atoms with E-state index in [0.29, 0.717) is 10.7 Å². The fourth-order valence-corrected chi connectivity index (χ4v) is 3.81. The summed E-state index contributed by atoms with van der Waals surface area (Å²) in [5, 5.41) is 0. The second-order valence-corrected chi connectivity index (χ2v) is 6.88. The lowest BCUT2D eigenvalue weighted by Crippen LogP contribution is -2.00. The molecule has 1 aromatic carbocycles. The van der Waals surface area contributed by atoms with Crippen LogP contribution in [0.1, 0.15) is 33.7 Å². The van der Waals surface area contributed by atoms with Crippen molar-refractivity contribution in [2.24, 2.45) is 0 Å². The summed E-state index contributed by atoms with van der Waals surface area (Å²) in [5.74, 6) is 0.435. The van der Waals surface area contributed by atoms with Crippen molar-refractivity contribution in [2.75, 3.05) is 0 Å². The molecule has 3 heteroatoms. The number of thiophene rings is 1. The molecule has 0 aliphatic rings. The molecule has 17 heavy (non-hydrogen) atoms. The van der Waals surface area contributed by atoms with Gasteiger partial charge in [0.1, 0.15) is 0 Å². The quantitative estimate of drug-likeness (QED) is 0.610. The van der Waals surface area contributed by atoms with E-state index in [9.17, 15) is 0 Å². The van der Waals surface area contributed by atoms with E-state index in [-0.39, 0.29) is 0 Å². The summed E-state index contributed by atoms with van der Waals surface area (Å²) >= 11 is 11.6. The average molecular weight is 330 g/mol. The molecule has 0 bridgehead atoms. The number of halogens is 2. The summed E-state index contributed by atoms with van der Waals surface area (Å²) in [6.07, 6.45) is 0. The van der Waals surface area contributed by atoms with Crippen molar-refractivity contribution >= 4 is 38.9 Å². The first-order valence-electron chi connectivity index (χ1n) is 5.54. The molecule has 2 rings (SSSR count). The van der Waals surface area contributed by atoms with Gasteiger partial charge in [-0.1, -0.05) is 64.8 Å². The Hall–Kier alpha value is -0.310. The first-order chi connectivity index (χ1) is 8.09. The third-order valence-corrected chi connectivity index (χ3v) is 6.14. The van der Waals surface area contributed by atoms with Gasteiger partial charge in [0.05, 0.1) is 9.16 Å². The Bertz CT molecular complexity index is 473. The Morgan fingerprint density at radius 1 is 1.24 bits per heavy atom. The summed E-state index contributed by atoms with van der Waals surface area (Å²) in [5.41, 5.74) is 2.51. The van der Waals surface area contributed by atoms with Gasteiger partial charge in [-0.3, -0.25) is 0 Å². The van der Waals surface area contributed by atoms with Crippen LogP contribution in [0, 0.1) is 6.92 Å². The number of hydrogen-bond donors (Lipinski definition) is 0. The molecule has 0 aliphatic heterocycles.